The number of amides is 1. The van der Waals surface area contributed by atoms with Gasteiger partial charge < -0.3 is 10.2 Å². The molecule has 23 heavy (non-hydrogen) atoms. The molecule has 4 rings (SSSR count). The fourth-order valence-electron chi connectivity index (χ4n) is 4.98. The molecule has 1 saturated heterocycles. The molecule has 3 nitrogen and oxygen atoms in total. The number of nitrogens with one attached hydrogen (secondary N) is 1. The van der Waals surface area contributed by atoms with Crippen molar-refractivity contribution in [2.24, 2.45) is 5.92 Å². The molecule has 1 N–H and O–H groups in total. The monoisotopic (exact) mass is 312 g/mol. The maximum absolute atomic E-state index is 13.1. The van der Waals surface area contributed by atoms with E-state index in [1.165, 1.54) is 30.4 Å². The summed E-state index contributed by atoms with van der Waals surface area (Å²) in [6.07, 6.45) is 8.28. The zero-order chi connectivity index (χ0) is 15.7. The third-order valence-corrected chi connectivity index (χ3v) is 6.27. The summed E-state index contributed by atoms with van der Waals surface area (Å²) >= 11 is 0. The van der Waals surface area contributed by atoms with E-state index in [9.17, 15) is 4.79 Å². The Balaban J connectivity index is 1.62. The maximum Gasteiger partial charge on any atom is 0.226 e. The predicted octanol–water partition coefficient (Wildman–Crippen LogP) is 3.23. The average Bonchev–Trinajstić information content (AvgIpc) is 2.62. The molecule has 0 atom stereocenters. The van der Waals surface area contributed by atoms with Gasteiger partial charge in [-0.25, -0.2) is 0 Å². The van der Waals surface area contributed by atoms with Gasteiger partial charge in [-0.15, -0.1) is 0 Å². The molecule has 0 bridgehead atoms. The highest BCUT2D eigenvalue weighted by atomic mass is 16.2. The summed E-state index contributed by atoms with van der Waals surface area (Å²) in [5.74, 6) is 0.713. The first-order valence-electron chi connectivity index (χ1n) is 9.36. The first-order chi connectivity index (χ1) is 11.3. The van der Waals surface area contributed by atoms with Gasteiger partial charge in [0.15, 0.2) is 0 Å². The number of nitrogens with zero attached hydrogens (tertiary/aromatic N) is 1. The van der Waals surface area contributed by atoms with Crippen LogP contribution < -0.4 is 5.32 Å². The summed E-state index contributed by atoms with van der Waals surface area (Å²) in [5, 5.41) is 3.49. The minimum atomic E-state index is 0.185. The predicted molar refractivity (Wildman–Crippen MR) is 92.2 cm³/mol. The molecule has 1 aromatic rings. The molecule has 3 heteroatoms. The molecule has 1 aromatic carbocycles. The third-order valence-electron chi connectivity index (χ3n) is 6.27. The Morgan fingerprint density at radius 3 is 2.61 bits per heavy atom. The van der Waals surface area contributed by atoms with Crippen molar-refractivity contribution < 1.29 is 4.79 Å². The van der Waals surface area contributed by atoms with E-state index in [0.717, 1.165) is 51.9 Å². The van der Waals surface area contributed by atoms with Crippen LogP contribution in [0.25, 0.3) is 0 Å². The van der Waals surface area contributed by atoms with Crippen molar-refractivity contribution in [3.8, 4) is 0 Å². The van der Waals surface area contributed by atoms with Crippen LogP contribution in [-0.4, -0.2) is 30.4 Å². The number of carbonyl (C=O) groups excluding carboxylic acids is 1. The number of hydrogen-bond acceptors (Lipinski definition) is 2. The Labute approximate surface area is 139 Å². The number of hydrogen-bond donors (Lipinski definition) is 1. The minimum absolute atomic E-state index is 0.185. The Morgan fingerprint density at radius 1 is 1.09 bits per heavy atom. The second-order valence-corrected chi connectivity index (χ2v) is 7.72. The number of rotatable bonds is 1. The zero-order valence-electron chi connectivity index (χ0n) is 14.0. The SMILES string of the molecule is O=C(C1CCCCC1)N1Cc2ccccc2C2(CCNCC2)C1. The van der Waals surface area contributed by atoms with Gasteiger partial charge in [-0.05, 0) is 49.9 Å². The van der Waals surface area contributed by atoms with Crippen LogP contribution in [0.15, 0.2) is 24.3 Å². The molecule has 2 fully saturated rings. The lowest BCUT2D eigenvalue weighted by molar-refractivity contribution is -0.139. The molecular formula is C20H28N2O. The first kappa shape index (κ1) is 15.2. The maximum atomic E-state index is 13.1. The average molecular weight is 312 g/mol. The summed E-state index contributed by atoms with van der Waals surface area (Å²) in [7, 11) is 0. The number of carbonyl (C=O) groups is 1. The lowest BCUT2D eigenvalue weighted by Crippen LogP contribution is -2.53. The van der Waals surface area contributed by atoms with E-state index in [-0.39, 0.29) is 11.3 Å². The summed E-state index contributed by atoms with van der Waals surface area (Å²) in [5.41, 5.74) is 3.07. The topological polar surface area (TPSA) is 32.3 Å². The molecule has 2 heterocycles. The van der Waals surface area contributed by atoms with Gasteiger partial charge in [0.05, 0.1) is 0 Å². The van der Waals surface area contributed by atoms with E-state index in [0.29, 0.717) is 5.91 Å². The van der Waals surface area contributed by atoms with Gasteiger partial charge in [-0.1, -0.05) is 43.5 Å². The standard InChI is InChI=1S/C20H28N2O/c23-19(16-6-2-1-3-7-16)22-14-17-8-4-5-9-18(17)20(15-22)10-12-21-13-11-20/h4-5,8-9,16,21H,1-3,6-7,10-15H2. The van der Waals surface area contributed by atoms with Gasteiger partial charge in [0.1, 0.15) is 0 Å². The summed E-state index contributed by atoms with van der Waals surface area (Å²) in [4.78, 5) is 15.3. The first-order valence-corrected chi connectivity index (χ1v) is 9.36. The van der Waals surface area contributed by atoms with Crippen LogP contribution >= 0.6 is 0 Å². The van der Waals surface area contributed by atoms with Gasteiger partial charge in [0.2, 0.25) is 5.91 Å². The Hall–Kier alpha value is -1.35. The van der Waals surface area contributed by atoms with Gasteiger partial charge in [-0.2, -0.15) is 0 Å². The van der Waals surface area contributed by atoms with Crippen molar-refractivity contribution in [3.63, 3.8) is 0 Å². The van der Waals surface area contributed by atoms with Gasteiger partial charge in [-0.3, -0.25) is 4.79 Å². The van der Waals surface area contributed by atoms with Crippen molar-refractivity contribution in [2.45, 2.75) is 56.9 Å². The molecule has 1 saturated carbocycles. The van der Waals surface area contributed by atoms with Crippen molar-refractivity contribution >= 4 is 5.91 Å². The van der Waals surface area contributed by atoms with Crippen molar-refractivity contribution in [1.82, 2.24) is 10.2 Å². The lowest BCUT2D eigenvalue weighted by atomic mass is 9.69. The molecule has 1 amide bonds. The Morgan fingerprint density at radius 2 is 1.83 bits per heavy atom. The second-order valence-electron chi connectivity index (χ2n) is 7.72. The van der Waals surface area contributed by atoms with E-state index < -0.39 is 0 Å². The normalized spacial score (nSPS) is 24.4. The van der Waals surface area contributed by atoms with Crippen LogP contribution in [0.3, 0.4) is 0 Å². The van der Waals surface area contributed by atoms with Gasteiger partial charge in [0, 0.05) is 24.4 Å². The summed E-state index contributed by atoms with van der Waals surface area (Å²) in [6.45, 7) is 3.89. The highest BCUT2D eigenvalue weighted by molar-refractivity contribution is 5.79. The molecule has 3 aliphatic rings. The van der Waals surface area contributed by atoms with Crippen LogP contribution in [0.4, 0.5) is 0 Å². The smallest absolute Gasteiger partial charge is 0.226 e. The molecule has 0 radical (unpaired) electrons. The van der Waals surface area contributed by atoms with Gasteiger partial charge >= 0.3 is 0 Å². The van der Waals surface area contributed by atoms with Crippen LogP contribution in [-0.2, 0) is 16.8 Å². The summed E-state index contributed by atoms with van der Waals surface area (Å²) < 4.78 is 0. The van der Waals surface area contributed by atoms with Gasteiger partial charge in [0.25, 0.3) is 0 Å². The van der Waals surface area contributed by atoms with E-state index in [1.54, 1.807) is 0 Å². The number of piperidine rings is 1. The largest absolute Gasteiger partial charge is 0.337 e. The number of benzene rings is 1. The van der Waals surface area contributed by atoms with E-state index in [4.69, 9.17) is 0 Å². The molecule has 1 spiro atoms. The Bertz CT molecular complexity index is 571. The molecule has 124 valence electrons. The van der Waals surface area contributed by atoms with Crippen molar-refractivity contribution in [2.75, 3.05) is 19.6 Å². The van der Waals surface area contributed by atoms with Crippen LogP contribution in [0.1, 0.15) is 56.1 Å². The minimum Gasteiger partial charge on any atom is -0.337 e. The fourth-order valence-corrected chi connectivity index (χ4v) is 4.98. The highest BCUT2D eigenvalue weighted by Crippen LogP contribution is 2.41. The van der Waals surface area contributed by atoms with Crippen molar-refractivity contribution in [1.29, 1.82) is 0 Å². The van der Waals surface area contributed by atoms with Crippen LogP contribution in [0, 0.1) is 5.92 Å². The molecule has 0 unspecified atom stereocenters. The third kappa shape index (κ3) is 2.80. The summed E-state index contributed by atoms with van der Waals surface area (Å²) in [6, 6.07) is 8.84. The molecule has 0 aromatic heterocycles. The number of fused-ring (bicyclic) bond motifs is 2. The van der Waals surface area contributed by atoms with E-state index in [1.807, 2.05) is 0 Å². The zero-order valence-corrected chi connectivity index (χ0v) is 14.0. The second kappa shape index (κ2) is 6.27. The van der Waals surface area contributed by atoms with Crippen molar-refractivity contribution in [3.05, 3.63) is 35.4 Å². The van der Waals surface area contributed by atoms with E-state index in [2.05, 4.69) is 34.5 Å². The molecule has 2 aliphatic heterocycles. The Kier molecular flexibility index (Phi) is 4.14. The fraction of sp³-hybridized carbons (Fsp3) is 0.650. The lowest BCUT2D eigenvalue weighted by Gasteiger charge is -2.47. The van der Waals surface area contributed by atoms with E-state index >= 15 is 0 Å². The quantitative estimate of drug-likeness (QED) is 0.863. The molecular weight excluding hydrogens is 284 g/mol. The van der Waals surface area contributed by atoms with Crippen LogP contribution in [0.2, 0.25) is 0 Å². The molecule has 1 aliphatic carbocycles. The van der Waals surface area contributed by atoms with Crippen LogP contribution in [0.5, 0.6) is 0 Å². The highest BCUT2D eigenvalue weighted by Gasteiger charge is 2.42.